The summed E-state index contributed by atoms with van der Waals surface area (Å²) in [6, 6.07) is -0.857. The van der Waals surface area contributed by atoms with Crippen LogP contribution in [0, 0.1) is 11.8 Å². The lowest BCUT2D eigenvalue weighted by molar-refractivity contribution is -0.143. The van der Waals surface area contributed by atoms with Gasteiger partial charge in [0.25, 0.3) is 0 Å². The van der Waals surface area contributed by atoms with E-state index in [1.54, 1.807) is 23.9 Å². The van der Waals surface area contributed by atoms with Gasteiger partial charge in [0.1, 0.15) is 0 Å². The van der Waals surface area contributed by atoms with Crippen LogP contribution < -0.4 is 0 Å². The Labute approximate surface area is 163 Å². The van der Waals surface area contributed by atoms with Crippen LogP contribution in [0.25, 0.3) is 0 Å². The second-order valence-electron chi connectivity index (χ2n) is 8.78. The Morgan fingerprint density at radius 1 is 0.667 bits per heavy atom. The fraction of sp³-hybridized carbons (Fsp3) is 0.900. The molecule has 2 aliphatic carbocycles. The Kier molecular flexibility index (Phi) is 6.49. The molecular weight excluding hydrogens is 364 g/mol. The normalized spacial score (nSPS) is 29.4. The highest BCUT2D eigenvalue weighted by Gasteiger charge is 2.46. The van der Waals surface area contributed by atoms with E-state index >= 15 is 0 Å². The molecule has 1 heterocycles. The molecule has 1 saturated heterocycles. The quantitative estimate of drug-likeness (QED) is 0.728. The van der Waals surface area contributed by atoms with Gasteiger partial charge < -0.3 is 9.80 Å². The molecule has 0 radical (unpaired) electrons. The van der Waals surface area contributed by atoms with Gasteiger partial charge in [0.15, 0.2) is 9.84 Å². The molecule has 0 aromatic heterocycles. The molecule has 0 bridgehead atoms. The van der Waals surface area contributed by atoms with Crippen molar-refractivity contribution in [1.82, 2.24) is 9.80 Å². The lowest BCUT2D eigenvalue weighted by Gasteiger charge is -2.38. The van der Waals surface area contributed by atoms with Crippen molar-refractivity contribution in [3.8, 4) is 0 Å². The number of likely N-dealkylation sites (N-methyl/N-ethyl adjacent to an activating group) is 2. The highest BCUT2D eigenvalue weighted by atomic mass is 32.2. The zero-order valence-corrected chi connectivity index (χ0v) is 17.5. The van der Waals surface area contributed by atoms with Crippen LogP contribution >= 0.6 is 0 Å². The van der Waals surface area contributed by atoms with Crippen molar-refractivity contribution in [2.75, 3.05) is 25.6 Å². The summed E-state index contributed by atoms with van der Waals surface area (Å²) < 4.78 is 24.8. The third-order valence-corrected chi connectivity index (χ3v) is 8.59. The van der Waals surface area contributed by atoms with Crippen LogP contribution in [0.5, 0.6) is 0 Å². The topological polar surface area (TPSA) is 74.8 Å². The third kappa shape index (κ3) is 4.66. The molecular formula is C20H34N2O4S. The minimum Gasteiger partial charge on any atom is -0.339 e. The van der Waals surface area contributed by atoms with Crippen molar-refractivity contribution in [1.29, 1.82) is 0 Å². The van der Waals surface area contributed by atoms with Crippen molar-refractivity contribution < 1.29 is 18.0 Å². The van der Waals surface area contributed by atoms with Gasteiger partial charge in [0, 0.05) is 25.9 Å². The monoisotopic (exact) mass is 398 g/mol. The third-order valence-electron chi connectivity index (χ3n) is 6.89. The molecule has 3 fully saturated rings. The highest BCUT2D eigenvalue weighted by molar-refractivity contribution is 7.91. The number of sulfone groups is 1. The average Bonchev–Trinajstić information content (AvgIpc) is 3.02. The number of amides is 2. The fourth-order valence-corrected chi connectivity index (χ4v) is 7.22. The molecule has 0 aromatic rings. The maximum Gasteiger partial charge on any atom is 0.225 e. The van der Waals surface area contributed by atoms with E-state index in [4.69, 9.17) is 0 Å². The summed E-state index contributed by atoms with van der Waals surface area (Å²) in [7, 11) is 0.210. The van der Waals surface area contributed by atoms with E-state index in [0.29, 0.717) is 0 Å². The van der Waals surface area contributed by atoms with Crippen LogP contribution in [-0.2, 0) is 19.4 Å². The van der Waals surface area contributed by atoms with E-state index in [2.05, 4.69) is 0 Å². The number of carbonyl (C=O) groups excluding carboxylic acids is 2. The number of nitrogens with zero attached hydrogens (tertiary/aromatic N) is 2. The van der Waals surface area contributed by atoms with E-state index in [1.807, 2.05) is 0 Å². The summed E-state index contributed by atoms with van der Waals surface area (Å²) in [6.07, 6.45) is 10.2. The Balaban J connectivity index is 1.73. The molecule has 1 aliphatic heterocycles. The Bertz CT molecular complexity index is 601. The van der Waals surface area contributed by atoms with Crippen LogP contribution in [-0.4, -0.2) is 67.7 Å². The zero-order valence-electron chi connectivity index (χ0n) is 16.7. The molecule has 2 amide bonds. The van der Waals surface area contributed by atoms with Gasteiger partial charge in [0.05, 0.1) is 23.6 Å². The minimum absolute atomic E-state index is 0.00653. The maximum absolute atomic E-state index is 13.0. The Hall–Kier alpha value is -1.11. The van der Waals surface area contributed by atoms with Gasteiger partial charge in [-0.1, -0.05) is 38.5 Å². The average molecular weight is 399 g/mol. The Morgan fingerprint density at radius 2 is 1.00 bits per heavy atom. The summed E-state index contributed by atoms with van der Waals surface area (Å²) in [5.74, 6) is 0.0591. The molecule has 0 aromatic carbocycles. The minimum atomic E-state index is -3.25. The number of rotatable bonds is 4. The van der Waals surface area contributed by atoms with Gasteiger partial charge in [-0.3, -0.25) is 9.59 Å². The molecule has 154 valence electrons. The van der Waals surface area contributed by atoms with Crippen molar-refractivity contribution in [2.45, 2.75) is 76.3 Å². The van der Waals surface area contributed by atoms with Crippen molar-refractivity contribution >= 4 is 21.7 Å². The SMILES string of the molecule is CN(C(=O)C1CCCCC1)[C@H]1CS(=O)(=O)C[C@@H]1N(C)C(=O)C1CCCCC1. The number of carbonyl (C=O) groups is 2. The van der Waals surface area contributed by atoms with E-state index in [1.165, 1.54) is 12.8 Å². The summed E-state index contributed by atoms with van der Waals surface area (Å²) in [5, 5.41) is 0. The predicted molar refractivity (Wildman–Crippen MR) is 105 cm³/mol. The van der Waals surface area contributed by atoms with Gasteiger partial charge in [-0.05, 0) is 25.7 Å². The summed E-state index contributed by atoms with van der Waals surface area (Å²) in [6.45, 7) is 0. The molecule has 2 atom stereocenters. The predicted octanol–water partition coefficient (Wildman–Crippen LogP) is 2.23. The standard InChI is InChI=1S/C20H34N2O4S/c1-21(19(23)15-9-5-3-6-10-15)17-13-27(25,26)14-18(17)22(2)20(24)16-11-7-4-8-12-16/h15-18H,3-14H2,1-2H3/t17-,18-/m0/s1. The fourth-order valence-electron chi connectivity index (χ4n) is 5.15. The molecule has 3 rings (SSSR count). The summed E-state index contributed by atoms with van der Waals surface area (Å²) in [4.78, 5) is 29.2. The van der Waals surface area contributed by atoms with Gasteiger partial charge in [-0.15, -0.1) is 0 Å². The molecule has 2 saturated carbocycles. The number of hydrogen-bond donors (Lipinski definition) is 0. The molecule has 3 aliphatic rings. The maximum atomic E-state index is 13.0. The summed E-state index contributed by atoms with van der Waals surface area (Å²) in [5.41, 5.74) is 0. The van der Waals surface area contributed by atoms with E-state index in [0.717, 1.165) is 51.4 Å². The lowest BCUT2D eigenvalue weighted by Crippen LogP contribution is -2.54. The number of hydrogen-bond acceptors (Lipinski definition) is 4. The molecule has 0 spiro atoms. The van der Waals surface area contributed by atoms with E-state index < -0.39 is 21.9 Å². The van der Waals surface area contributed by atoms with Gasteiger partial charge >= 0.3 is 0 Å². The van der Waals surface area contributed by atoms with Gasteiger partial charge in [-0.2, -0.15) is 0 Å². The van der Waals surface area contributed by atoms with Crippen LogP contribution in [0.1, 0.15) is 64.2 Å². The molecule has 0 unspecified atom stereocenters. The van der Waals surface area contributed by atoms with E-state index in [-0.39, 0.29) is 35.2 Å². The first kappa shape index (κ1) is 20.6. The molecule has 0 N–H and O–H groups in total. The molecule has 27 heavy (non-hydrogen) atoms. The van der Waals surface area contributed by atoms with Crippen LogP contribution in [0.3, 0.4) is 0 Å². The second kappa shape index (κ2) is 8.50. The molecule has 6 nitrogen and oxygen atoms in total. The van der Waals surface area contributed by atoms with E-state index in [9.17, 15) is 18.0 Å². The first-order chi connectivity index (χ1) is 12.8. The smallest absolute Gasteiger partial charge is 0.225 e. The van der Waals surface area contributed by atoms with Gasteiger partial charge in [-0.25, -0.2) is 8.42 Å². The van der Waals surface area contributed by atoms with Crippen LogP contribution in [0.15, 0.2) is 0 Å². The largest absolute Gasteiger partial charge is 0.339 e. The second-order valence-corrected chi connectivity index (χ2v) is 10.9. The highest BCUT2D eigenvalue weighted by Crippen LogP contribution is 2.31. The first-order valence-corrected chi connectivity index (χ1v) is 12.4. The van der Waals surface area contributed by atoms with Crippen molar-refractivity contribution in [2.24, 2.45) is 11.8 Å². The lowest BCUT2D eigenvalue weighted by atomic mass is 9.87. The zero-order chi connectivity index (χ0) is 19.6. The van der Waals surface area contributed by atoms with Crippen molar-refractivity contribution in [3.63, 3.8) is 0 Å². The van der Waals surface area contributed by atoms with Crippen LogP contribution in [0.2, 0.25) is 0 Å². The first-order valence-electron chi connectivity index (χ1n) is 10.5. The van der Waals surface area contributed by atoms with Gasteiger partial charge in [0.2, 0.25) is 11.8 Å². The summed E-state index contributed by atoms with van der Waals surface area (Å²) >= 11 is 0. The van der Waals surface area contributed by atoms with Crippen LogP contribution in [0.4, 0.5) is 0 Å². The molecule has 7 heteroatoms. The Morgan fingerprint density at radius 3 is 1.33 bits per heavy atom. The van der Waals surface area contributed by atoms with Crippen molar-refractivity contribution in [3.05, 3.63) is 0 Å².